The molecule has 4 heteroatoms. The van der Waals surface area contributed by atoms with Gasteiger partial charge in [0, 0.05) is 38.8 Å². The molecule has 0 radical (unpaired) electrons. The Morgan fingerprint density at radius 1 is 1.04 bits per heavy atom. The molecule has 3 rings (SSSR count). The summed E-state index contributed by atoms with van der Waals surface area (Å²) in [7, 11) is 0. The van der Waals surface area contributed by atoms with Crippen molar-refractivity contribution >= 4 is 5.91 Å². The Balaban J connectivity index is 1.37. The number of carbonyl (C=O) groups excluding carboxylic acids is 1. The predicted octanol–water partition coefficient (Wildman–Crippen LogP) is 2.75. The van der Waals surface area contributed by atoms with Crippen LogP contribution in [-0.2, 0) is 11.3 Å². The lowest BCUT2D eigenvalue weighted by molar-refractivity contribution is -0.123. The van der Waals surface area contributed by atoms with Crippen LogP contribution in [0.1, 0.15) is 38.7 Å². The minimum absolute atomic E-state index is 0.211. The molecule has 0 aromatic heterocycles. The van der Waals surface area contributed by atoms with Crippen molar-refractivity contribution in [1.29, 1.82) is 0 Å². The van der Waals surface area contributed by atoms with Crippen LogP contribution < -0.4 is 5.32 Å². The Bertz CT molecular complexity index is 529. The summed E-state index contributed by atoms with van der Waals surface area (Å²) in [5.74, 6) is 1.62. The first kappa shape index (κ1) is 18.4. The van der Waals surface area contributed by atoms with Gasteiger partial charge in [-0.2, -0.15) is 0 Å². The van der Waals surface area contributed by atoms with Gasteiger partial charge in [-0.25, -0.2) is 0 Å². The molecule has 4 nitrogen and oxygen atoms in total. The lowest BCUT2D eigenvalue weighted by atomic mass is 9.92. The zero-order valence-corrected chi connectivity index (χ0v) is 15.8. The quantitative estimate of drug-likeness (QED) is 0.893. The van der Waals surface area contributed by atoms with Gasteiger partial charge in [0.2, 0.25) is 5.91 Å². The van der Waals surface area contributed by atoms with Gasteiger partial charge in [-0.1, -0.05) is 44.2 Å². The maximum absolute atomic E-state index is 12.4. The van der Waals surface area contributed by atoms with Gasteiger partial charge in [-0.15, -0.1) is 0 Å². The number of hydrogen-bond acceptors (Lipinski definition) is 3. The summed E-state index contributed by atoms with van der Waals surface area (Å²) in [5.41, 5.74) is 1.37. The van der Waals surface area contributed by atoms with Crippen LogP contribution in [0.15, 0.2) is 30.3 Å². The van der Waals surface area contributed by atoms with E-state index in [1.54, 1.807) is 0 Å². The van der Waals surface area contributed by atoms with E-state index in [-0.39, 0.29) is 5.91 Å². The number of hydrogen-bond donors (Lipinski definition) is 1. The maximum Gasteiger partial charge on any atom is 0.234 e. The van der Waals surface area contributed by atoms with E-state index >= 15 is 0 Å². The summed E-state index contributed by atoms with van der Waals surface area (Å²) < 4.78 is 0. The minimum atomic E-state index is 0.211. The zero-order valence-electron chi connectivity index (χ0n) is 15.8. The molecule has 2 fully saturated rings. The summed E-state index contributed by atoms with van der Waals surface area (Å²) in [6.07, 6.45) is 3.41. The standard InChI is InChI=1S/C21H33N3O/c1-17-12-18(2)14-24(13-17)16-21(25)22-20-8-10-23(11-9-20)15-19-6-4-3-5-7-19/h3-7,17-18,20H,8-16H2,1-2H3,(H,22,25)/t17-,18-/m1/s1. The maximum atomic E-state index is 12.4. The van der Waals surface area contributed by atoms with Gasteiger partial charge in [-0.3, -0.25) is 14.6 Å². The first-order valence-corrected chi connectivity index (χ1v) is 9.86. The second-order valence-corrected chi connectivity index (χ2v) is 8.24. The van der Waals surface area contributed by atoms with Crippen LogP contribution in [0.4, 0.5) is 0 Å². The van der Waals surface area contributed by atoms with E-state index in [2.05, 4.69) is 59.3 Å². The SMILES string of the molecule is C[C@@H]1C[C@@H](C)CN(CC(=O)NC2CCN(Cc3ccccc3)CC2)C1. The Labute approximate surface area is 152 Å². The summed E-state index contributed by atoms with van der Waals surface area (Å²) in [4.78, 5) is 17.2. The summed E-state index contributed by atoms with van der Waals surface area (Å²) >= 11 is 0. The molecule has 138 valence electrons. The van der Waals surface area contributed by atoms with Gasteiger partial charge in [-0.05, 0) is 36.7 Å². The Kier molecular flexibility index (Phi) is 6.49. The number of nitrogens with zero attached hydrogens (tertiary/aromatic N) is 2. The third-order valence-electron chi connectivity index (χ3n) is 5.51. The Hall–Kier alpha value is -1.39. The van der Waals surface area contributed by atoms with Gasteiger partial charge in [0.25, 0.3) is 0 Å². The highest BCUT2D eigenvalue weighted by atomic mass is 16.2. The highest BCUT2D eigenvalue weighted by Crippen LogP contribution is 2.20. The van der Waals surface area contributed by atoms with E-state index in [1.807, 2.05) is 0 Å². The van der Waals surface area contributed by atoms with E-state index < -0.39 is 0 Å². The van der Waals surface area contributed by atoms with Crippen LogP contribution >= 0.6 is 0 Å². The second-order valence-electron chi connectivity index (χ2n) is 8.24. The number of benzene rings is 1. The zero-order chi connectivity index (χ0) is 17.6. The van der Waals surface area contributed by atoms with Crippen molar-refractivity contribution in [3.63, 3.8) is 0 Å². The van der Waals surface area contributed by atoms with Crippen LogP contribution in [0.2, 0.25) is 0 Å². The average Bonchev–Trinajstić information content (AvgIpc) is 2.56. The molecule has 1 N–H and O–H groups in total. The fraction of sp³-hybridized carbons (Fsp3) is 0.667. The van der Waals surface area contributed by atoms with Gasteiger partial charge in [0.15, 0.2) is 0 Å². The largest absolute Gasteiger partial charge is 0.352 e. The molecular formula is C21H33N3O. The predicted molar refractivity (Wildman–Crippen MR) is 102 cm³/mol. The Morgan fingerprint density at radius 2 is 1.68 bits per heavy atom. The van der Waals surface area contributed by atoms with Crippen LogP contribution in [0.3, 0.4) is 0 Å². The lowest BCUT2D eigenvalue weighted by Gasteiger charge is -2.35. The fourth-order valence-electron chi connectivity index (χ4n) is 4.47. The number of piperidine rings is 2. The summed E-state index contributed by atoms with van der Waals surface area (Å²) in [6, 6.07) is 11.0. The molecule has 2 heterocycles. The number of rotatable bonds is 5. The number of likely N-dealkylation sites (tertiary alicyclic amines) is 2. The molecule has 0 bridgehead atoms. The van der Waals surface area contributed by atoms with Crippen molar-refractivity contribution < 1.29 is 4.79 Å². The van der Waals surface area contributed by atoms with E-state index in [0.717, 1.165) is 45.6 Å². The van der Waals surface area contributed by atoms with E-state index in [1.165, 1.54) is 12.0 Å². The van der Waals surface area contributed by atoms with E-state index in [4.69, 9.17) is 0 Å². The molecule has 2 atom stereocenters. The molecular weight excluding hydrogens is 310 g/mol. The first-order chi connectivity index (χ1) is 12.1. The van der Waals surface area contributed by atoms with Gasteiger partial charge in [0.05, 0.1) is 6.54 Å². The molecule has 1 amide bonds. The molecule has 1 aromatic carbocycles. The molecule has 1 aromatic rings. The third-order valence-corrected chi connectivity index (χ3v) is 5.51. The van der Waals surface area contributed by atoms with Crippen LogP contribution in [-0.4, -0.2) is 54.5 Å². The monoisotopic (exact) mass is 343 g/mol. The van der Waals surface area contributed by atoms with Crippen molar-refractivity contribution in [2.24, 2.45) is 11.8 Å². The third kappa shape index (κ3) is 5.82. The van der Waals surface area contributed by atoms with Crippen LogP contribution in [0.5, 0.6) is 0 Å². The van der Waals surface area contributed by atoms with Crippen molar-refractivity contribution in [1.82, 2.24) is 15.1 Å². The molecule has 2 saturated heterocycles. The van der Waals surface area contributed by atoms with Gasteiger partial charge < -0.3 is 5.32 Å². The van der Waals surface area contributed by atoms with Crippen LogP contribution in [0.25, 0.3) is 0 Å². The van der Waals surface area contributed by atoms with Gasteiger partial charge in [0.1, 0.15) is 0 Å². The summed E-state index contributed by atoms with van der Waals surface area (Å²) in [5, 5.41) is 3.27. The minimum Gasteiger partial charge on any atom is -0.352 e. The normalized spacial score (nSPS) is 26.5. The Morgan fingerprint density at radius 3 is 2.32 bits per heavy atom. The number of nitrogens with one attached hydrogen (secondary N) is 1. The topological polar surface area (TPSA) is 35.6 Å². The second kappa shape index (κ2) is 8.81. The molecule has 0 aliphatic carbocycles. The van der Waals surface area contributed by atoms with E-state index in [0.29, 0.717) is 24.4 Å². The lowest BCUT2D eigenvalue weighted by Crippen LogP contribution is -2.49. The highest BCUT2D eigenvalue weighted by molar-refractivity contribution is 5.78. The van der Waals surface area contributed by atoms with Crippen molar-refractivity contribution in [3.8, 4) is 0 Å². The molecule has 2 aliphatic heterocycles. The van der Waals surface area contributed by atoms with Crippen LogP contribution in [0, 0.1) is 11.8 Å². The fourth-order valence-corrected chi connectivity index (χ4v) is 4.47. The molecule has 2 aliphatic rings. The average molecular weight is 344 g/mol. The van der Waals surface area contributed by atoms with E-state index in [9.17, 15) is 4.79 Å². The molecule has 25 heavy (non-hydrogen) atoms. The summed E-state index contributed by atoms with van der Waals surface area (Å²) in [6.45, 7) is 10.4. The number of amides is 1. The van der Waals surface area contributed by atoms with Crippen molar-refractivity contribution in [2.45, 2.75) is 45.7 Å². The van der Waals surface area contributed by atoms with Crippen molar-refractivity contribution in [3.05, 3.63) is 35.9 Å². The molecule has 0 saturated carbocycles. The molecule has 0 spiro atoms. The molecule has 0 unspecified atom stereocenters. The number of carbonyl (C=O) groups is 1. The smallest absolute Gasteiger partial charge is 0.234 e. The van der Waals surface area contributed by atoms with Crippen molar-refractivity contribution in [2.75, 3.05) is 32.7 Å². The highest BCUT2D eigenvalue weighted by Gasteiger charge is 2.25. The van der Waals surface area contributed by atoms with Gasteiger partial charge >= 0.3 is 0 Å². The first-order valence-electron chi connectivity index (χ1n) is 9.86.